The van der Waals surface area contributed by atoms with E-state index in [1.165, 1.54) is 0 Å². The number of rotatable bonds is 3. The number of hydrogen-bond acceptors (Lipinski definition) is 6. The first-order valence-electron chi connectivity index (χ1n) is 8.96. The van der Waals surface area contributed by atoms with Crippen LogP contribution in [0.1, 0.15) is 41.2 Å². The molecule has 2 aliphatic rings. The van der Waals surface area contributed by atoms with E-state index in [2.05, 4.69) is 15.1 Å². The van der Waals surface area contributed by atoms with E-state index < -0.39 is 0 Å². The molecule has 1 aliphatic heterocycles. The molecule has 0 aromatic carbocycles. The van der Waals surface area contributed by atoms with Crippen molar-refractivity contribution >= 4 is 17.0 Å². The summed E-state index contributed by atoms with van der Waals surface area (Å²) < 4.78 is 5.51. The van der Waals surface area contributed by atoms with Gasteiger partial charge in [-0.1, -0.05) is 5.16 Å². The predicted octanol–water partition coefficient (Wildman–Crippen LogP) is 2.34. The highest BCUT2D eigenvalue weighted by Gasteiger charge is 2.34. The lowest BCUT2D eigenvalue weighted by Gasteiger charge is -2.17. The standard InChI is InChI=1S/C19H19N5O2/c20-13-5-7-24(10-13)19(25)14-8-15(12-2-1-6-21-9-12)22-18-16(14)17(23-26-18)11-3-4-11/h1-2,6,8-9,11,13H,3-5,7,10,20H2/t13-/m1/s1. The van der Waals surface area contributed by atoms with Crippen LogP contribution in [0.4, 0.5) is 0 Å². The predicted molar refractivity (Wildman–Crippen MR) is 95.5 cm³/mol. The zero-order valence-corrected chi connectivity index (χ0v) is 14.3. The Kier molecular flexibility index (Phi) is 3.49. The summed E-state index contributed by atoms with van der Waals surface area (Å²) >= 11 is 0. The van der Waals surface area contributed by atoms with Gasteiger partial charge in [-0.25, -0.2) is 4.98 Å². The maximum atomic E-state index is 13.2. The third kappa shape index (κ3) is 2.55. The van der Waals surface area contributed by atoms with Gasteiger partial charge in [-0.2, -0.15) is 0 Å². The van der Waals surface area contributed by atoms with Crippen LogP contribution in [-0.4, -0.2) is 45.1 Å². The van der Waals surface area contributed by atoms with E-state index in [0.717, 1.165) is 35.9 Å². The number of pyridine rings is 2. The van der Waals surface area contributed by atoms with Crippen molar-refractivity contribution < 1.29 is 9.32 Å². The minimum absolute atomic E-state index is 0.0272. The van der Waals surface area contributed by atoms with Gasteiger partial charge in [0.1, 0.15) is 0 Å². The molecule has 1 saturated heterocycles. The highest BCUT2D eigenvalue weighted by atomic mass is 16.5. The van der Waals surface area contributed by atoms with Crippen molar-refractivity contribution in [2.75, 3.05) is 13.1 Å². The van der Waals surface area contributed by atoms with E-state index in [1.807, 2.05) is 23.1 Å². The molecule has 132 valence electrons. The Morgan fingerprint density at radius 2 is 2.19 bits per heavy atom. The second-order valence-electron chi connectivity index (χ2n) is 7.12. The number of amides is 1. The Morgan fingerprint density at radius 3 is 2.88 bits per heavy atom. The zero-order valence-electron chi connectivity index (χ0n) is 14.3. The fourth-order valence-electron chi connectivity index (χ4n) is 3.58. The Bertz CT molecular complexity index is 980. The summed E-state index contributed by atoms with van der Waals surface area (Å²) in [6, 6.07) is 5.64. The molecular weight excluding hydrogens is 330 g/mol. The first kappa shape index (κ1) is 15.5. The molecule has 4 heterocycles. The van der Waals surface area contributed by atoms with Crippen molar-refractivity contribution in [3.05, 3.63) is 41.9 Å². The first-order valence-corrected chi connectivity index (χ1v) is 8.96. The average molecular weight is 349 g/mol. The highest BCUT2D eigenvalue weighted by molar-refractivity contribution is 6.07. The Labute approximate surface area is 150 Å². The number of nitrogens with two attached hydrogens (primary N) is 1. The molecule has 7 heteroatoms. The molecule has 26 heavy (non-hydrogen) atoms. The number of aromatic nitrogens is 3. The number of carbonyl (C=O) groups excluding carboxylic acids is 1. The monoisotopic (exact) mass is 349 g/mol. The molecule has 1 amide bonds. The van der Waals surface area contributed by atoms with Crippen molar-refractivity contribution in [2.24, 2.45) is 5.73 Å². The molecule has 5 rings (SSSR count). The van der Waals surface area contributed by atoms with E-state index >= 15 is 0 Å². The normalized spacial score (nSPS) is 20.0. The second-order valence-corrected chi connectivity index (χ2v) is 7.12. The summed E-state index contributed by atoms with van der Waals surface area (Å²) in [6.07, 6.45) is 6.42. The van der Waals surface area contributed by atoms with Crippen molar-refractivity contribution in [1.82, 2.24) is 20.0 Å². The lowest BCUT2D eigenvalue weighted by molar-refractivity contribution is 0.0792. The van der Waals surface area contributed by atoms with Crippen LogP contribution >= 0.6 is 0 Å². The van der Waals surface area contributed by atoms with Gasteiger partial charge in [-0.3, -0.25) is 9.78 Å². The Hall–Kier alpha value is -2.80. The van der Waals surface area contributed by atoms with Crippen LogP contribution in [0.25, 0.3) is 22.4 Å². The van der Waals surface area contributed by atoms with Crippen LogP contribution < -0.4 is 5.73 Å². The van der Waals surface area contributed by atoms with Crippen LogP contribution in [0, 0.1) is 0 Å². The molecule has 3 aromatic rings. The van der Waals surface area contributed by atoms with E-state index in [4.69, 9.17) is 10.3 Å². The van der Waals surface area contributed by atoms with Gasteiger partial charge in [-0.15, -0.1) is 0 Å². The van der Waals surface area contributed by atoms with Crippen molar-refractivity contribution in [1.29, 1.82) is 0 Å². The molecule has 1 atom stereocenters. The molecule has 0 bridgehead atoms. The Morgan fingerprint density at radius 1 is 1.31 bits per heavy atom. The van der Waals surface area contributed by atoms with Crippen LogP contribution in [0.5, 0.6) is 0 Å². The topological polar surface area (TPSA) is 98.1 Å². The van der Waals surface area contributed by atoms with Crippen molar-refractivity contribution in [3.63, 3.8) is 0 Å². The quantitative estimate of drug-likeness (QED) is 0.779. The number of fused-ring (bicyclic) bond motifs is 1. The lowest BCUT2D eigenvalue weighted by Crippen LogP contribution is -2.32. The lowest BCUT2D eigenvalue weighted by atomic mass is 10.0. The van der Waals surface area contributed by atoms with Gasteiger partial charge in [0.15, 0.2) is 0 Å². The molecule has 1 saturated carbocycles. The molecule has 2 fully saturated rings. The first-order chi connectivity index (χ1) is 12.7. The van der Waals surface area contributed by atoms with Gasteiger partial charge in [-0.05, 0) is 37.5 Å². The largest absolute Gasteiger partial charge is 0.337 e. The SMILES string of the molecule is N[C@@H]1CCN(C(=O)c2cc(-c3cccnc3)nc3onc(C4CC4)c23)C1. The molecule has 0 spiro atoms. The minimum atomic E-state index is -0.0272. The van der Waals surface area contributed by atoms with Gasteiger partial charge in [0.25, 0.3) is 11.6 Å². The number of likely N-dealkylation sites (tertiary alicyclic amines) is 1. The van der Waals surface area contributed by atoms with Gasteiger partial charge in [0.05, 0.1) is 22.3 Å². The van der Waals surface area contributed by atoms with Gasteiger partial charge >= 0.3 is 0 Å². The van der Waals surface area contributed by atoms with E-state index in [9.17, 15) is 4.79 Å². The van der Waals surface area contributed by atoms with Gasteiger partial charge < -0.3 is 15.2 Å². The Balaban J connectivity index is 1.67. The van der Waals surface area contributed by atoms with E-state index in [0.29, 0.717) is 36.0 Å². The molecule has 0 unspecified atom stereocenters. The highest BCUT2D eigenvalue weighted by Crippen LogP contribution is 2.43. The maximum absolute atomic E-state index is 13.2. The second kappa shape index (κ2) is 5.88. The van der Waals surface area contributed by atoms with E-state index in [-0.39, 0.29) is 11.9 Å². The van der Waals surface area contributed by atoms with Crippen LogP contribution in [0.15, 0.2) is 35.1 Å². The van der Waals surface area contributed by atoms with Crippen molar-refractivity contribution in [3.8, 4) is 11.3 Å². The number of carbonyl (C=O) groups is 1. The molecule has 3 aromatic heterocycles. The summed E-state index contributed by atoms with van der Waals surface area (Å²) in [5, 5.41) is 4.98. The fourth-order valence-corrected chi connectivity index (χ4v) is 3.58. The number of nitrogens with zero attached hydrogens (tertiary/aromatic N) is 4. The molecule has 7 nitrogen and oxygen atoms in total. The zero-order chi connectivity index (χ0) is 17.7. The third-order valence-electron chi connectivity index (χ3n) is 5.14. The third-order valence-corrected chi connectivity index (χ3v) is 5.14. The van der Waals surface area contributed by atoms with Crippen LogP contribution in [-0.2, 0) is 0 Å². The maximum Gasteiger partial charge on any atom is 0.259 e. The minimum Gasteiger partial charge on any atom is -0.337 e. The number of hydrogen-bond donors (Lipinski definition) is 1. The summed E-state index contributed by atoms with van der Waals surface area (Å²) in [7, 11) is 0. The average Bonchev–Trinajstić information content (AvgIpc) is 3.28. The van der Waals surface area contributed by atoms with E-state index in [1.54, 1.807) is 12.4 Å². The van der Waals surface area contributed by atoms with Crippen LogP contribution in [0.3, 0.4) is 0 Å². The summed E-state index contributed by atoms with van der Waals surface area (Å²) in [6.45, 7) is 1.25. The van der Waals surface area contributed by atoms with Crippen molar-refractivity contribution in [2.45, 2.75) is 31.2 Å². The molecular formula is C19H19N5O2. The molecule has 0 radical (unpaired) electrons. The van der Waals surface area contributed by atoms with Gasteiger partial charge in [0, 0.05) is 43.0 Å². The van der Waals surface area contributed by atoms with Crippen LogP contribution in [0.2, 0.25) is 0 Å². The molecule has 2 N–H and O–H groups in total. The summed E-state index contributed by atoms with van der Waals surface area (Å²) in [5.41, 5.74) is 9.38. The summed E-state index contributed by atoms with van der Waals surface area (Å²) in [5.74, 6) is 0.343. The fraction of sp³-hybridized carbons (Fsp3) is 0.368. The van der Waals surface area contributed by atoms with Gasteiger partial charge in [0.2, 0.25) is 0 Å². The molecule has 1 aliphatic carbocycles. The summed E-state index contributed by atoms with van der Waals surface area (Å²) in [4.78, 5) is 23.8. The smallest absolute Gasteiger partial charge is 0.259 e.